The van der Waals surface area contributed by atoms with E-state index in [1.807, 2.05) is 0 Å². The van der Waals surface area contributed by atoms with E-state index in [0.29, 0.717) is 0 Å². The van der Waals surface area contributed by atoms with Gasteiger partial charge in [-0.05, 0) is 19.9 Å². The molecular weight excluding hydrogens is 710 g/mol. The number of nitrogens with two attached hydrogens (primary N) is 1. The molecule has 14 N–H and O–H groups in total. The van der Waals surface area contributed by atoms with Crippen molar-refractivity contribution in [3.05, 3.63) is 12.3 Å². The molecule has 0 amide bonds. The first-order valence-corrected chi connectivity index (χ1v) is 16.9. The quantitative estimate of drug-likeness (QED) is 0.0929. The summed E-state index contributed by atoms with van der Waals surface area (Å²) in [5, 5.41) is 125. The Morgan fingerprint density at radius 2 is 0.981 bits per heavy atom. The molecule has 302 valence electrons. The van der Waals surface area contributed by atoms with Gasteiger partial charge in [-0.2, -0.15) is 0 Å². The van der Waals surface area contributed by atoms with Gasteiger partial charge in [-0.25, -0.2) is 0 Å². The van der Waals surface area contributed by atoms with Crippen LogP contribution < -0.4 is 5.73 Å². The molecule has 0 saturated carbocycles. The summed E-state index contributed by atoms with van der Waals surface area (Å²) in [5.41, 5.74) is 6.60. The molecule has 23 atom stereocenters. The van der Waals surface area contributed by atoms with Crippen LogP contribution >= 0.6 is 0 Å². The summed E-state index contributed by atoms with van der Waals surface area (Å²) in [6.07, 6.45) is -32.0. The van der Waals surface area contributed by atoms with Gasteiger partial charge in [-0.15, -0.1) is 0 Å². The van der Waals surface area contributed by atoms with Crippen LogP contribution in [0.4, 0.5) is 0 Å². The standard InChI is InChI=1S/C30H51NO21/c1-8-15(35)19(39)22(42)28(45-8)51-25-14(31)27(47-10-3-4-44-11(5-32)17(10)37)49-13(7-34)24(25)50-30-26(21(41)18(38)12(6-33)48-30)52-29-23(43)20(40)16(36)9(2)46-29/h3-4,8-30,32-43H,5-7,31H2,1-2H3/t8?,9?,10?,11?,12?,13?,14?,15-,16+,17-,18+,19?,20?,21?,22?,23?,24+,25?,26?,27-,28-,29+,30+/m1/s1. The van der Waals surface area contributed by atoms with Gasteiger partial charge in [0.15, 0.2) is 25.2 Å². The van der Waals surface area contributed by atoms with Crippen molar-refractivity contribution in [1.29, 1.82) is 0 Å². The number of hydrogen-bond acceptors (Lipinski definition) is 22. The molecule has 0 spiro atoms. The SMILES string of the molecule is CC1O[C@H](OC2C(N)[C@H](OC3C=COC(CO)[C@@H]3O)OC(CO)[C@@H]2O[C@@H]2OC(CO)[C@H](O)C(O)C2O[C@@H]2OC(C)[C@H](O)C(O)C2O)C(O)C(O)[C@@H]1O. The van der Waals surface area contributed by atoms with Gasteiger partial charge in [0.25, 0.3) is 0 Å². The van der Waals surface area contributed by atoms with Crippen molar-refractivity contribution in [3.8, 4) is 0 Å². The highest BCUT2D eigenvalue weighted by atomic mass is 16.8. The normalized spacial score (nSPS) is 53.0. The molecular formula is C30H51NO21. The van der Waals surface area contributed by atoms with Crippen LogP contribution in [-0.4, -0.2) is 222 Å². The lowest BCUT2D eigenvalue weighted by Crippen LogP contribution is -2.69. The van der Waals surface area contributed by atoms with Crippen molar-refractivity contribution in [2.45, 2.75) is 155 Å². The van der Waals surface area contributed by atoms with Crippen molar-refractivity contribution >= 4 is 0 Å². The zero-order valence-electron chi connectivity index (χ0n) is 28.2. The van der Waals surface area contributed by atoms with Gasteiger partial charge in [0.2, 0.25) is 0 Å². The minimum absolute atomic E-state index is 0.575. The van der Waals surface area contributed by atoms with E-state index < -0.39 is 161 Å². The number of rotatable bonds is 11. The average Bonchev–Trinajstić information content (AvgIpc) is 3.13. The molecule has 0 aromatic carbocycles. The lowest BCUT2D eigenvalue weighted by Gasteiger charge is -2.50. The Labute approximate surface area is 296 Å². The second-order valence-electron chi connectivity index (χ2n) is 13.5. The van der Waals surface area contributed by atoms with Crippen molar-refractivity contribution < 1.29 is 104 Å². The van der Waals surface area contributed by atoms with Crippen LogP contribution in [0.15, 0.2) is 12.3 Å². The minimum Gasteiger partial charge on any atom is -0.493 e. The average molecular weight is 762 g/mol. The van der Waals surface area contributed by atoms with E-state index in [9.17, 15) is 61.3 Å². The second kappa shape index (κ2) is 17.7. The highest BCUT2D eigenvalue weighted by Crippen LogP contribution is 2.36. The maximum absolute atomic E-state index is 11.1. The van der Waals surface area contributed by atoms with E-state index in [1.165, 1.54) is 26.2 Å². The van der Waals surface area contributed by atoms with Crippen molar-refractivity contribution in [2.75, 3.05) is 19.8 Å². The van der Waals surface area contributed by atoms with Gasteiger partial charge >= 0.3 is 0 Å². The van der Waals surface area contributed by atoms with Crippen LogP contribution in [0.5, 0.6) is 0 Å². The summed E-state index contributed by atoms with van der Waals surface area (Å²) < 4.78 is 51.9. The van der Waals surface area contributed by atoms with Crippen LogP contribution in [0.1, 0.15) is 13.8 Å². The Morgan fingerprint density at radius 1 is 0.481 bits per heavy atom. The fourth-order valence-corrected chi connectivity index (χ4v) is 6.62. The summed E-state index contributed by atoms with van der Waals surface area (Å²) in [7, 11) is 0. The fourth-order valence-electron chi connectivity index (χ4n) is 6.62. The van der Waals surface area contributed by atoms with Crippen LogP contribution in [-0.2, 0) is 42.6 Å². The molecule has 14 unspecified atom stereocenters. The van der Waals surface area contributed by atoms with Crippen LogP contribution in [0.3, 0.4) is 0 Å². The summed E-state index contributed by atoms with van der Waals surface area (Å²) in [4.78, 5) is 0. The summed E-state index contributed by atoms with van der Waals surface area (Å²) in [6.45, 7) is 0.497. The Bertz CT molecular complexity index is 1160. The number of aliphatic hydroxyl groups is 12. The molecule has 0 aromatic heterocycles. The third kappa shape index (κ3) is 8.42. The molecule has 22 heteroatoms. The Morgan fingerprint density at radius 3 is 1.52 bits per heavy atom. The van der Waals surface area contributed by atoms with Crippen LogP contribution in [0.2, 0.25) is 0 Å². The summed E-state index contributed by atoms with van der Waals surface area (Å²) in [6, 6.07) is -1.47. The number of ether oxygens (including phenoxy) is 9. The Hall–Kier alpha value is -1.30. The highest BCUT2D eigenvalue weighted by Gasteiger charge is 2.56. The molecule has 5 aliphatic heterocycles. The molecule has 0 aromatic rings. The zero-order valence-corrected chi connectivity index (χ0v) is 28.2. The van der Waals surface area contributed by atoms with Gasteiger partial charge in [0.1, 0.15) is 97.7 Å². The first-order chi connectivity index (χ1) is 24.6. The topological polar surface area (TPSA) is 352 Å². The molecule has 0 radical (unpaired) electrons. The van der Waals surface area contributed by atoms with Gasteiger partial charge in [0.05, 0.1) is 44.3 Å². The summed E-state index contributed by atoms with van der Waals surface area (Å²) >= 11 is 0. The third-order valence-corrected chi connectivity index (χ3v) is 9.90. The smallest absolute Gasteiger partial charge is 0.187 e. The van der Waals surface area contributed by atoms with E-state index in [4.69, 9.17) is 48.4 Å². The van der Waals surface area contributed by atoms with E-state index in [-0.39, 0.29) is 0 Å². The molecule has 5 aliphatic rings. The second-order valence-corrected chi connectivity index (χ2v) is 13.5. The number of aliphatic hydroxyl groups excluding tert-OH is 12. The summed E-state index contributed by atoms with van der Waals surface area (Å²) in [5.74, 6) is 0. The number of hydrogen-bond donors (Lipinski definition) is 13. The van der Waals surface area contributed by atoms with Gasteiger partial charge < -0.3 is 110 Å². The predicted molar refractivity (Wildman–Crippen MR) is 163 cm³/mol. The van der Waals surface area contributed by atoms with E-state index >= 15 is 0 Å². The molecule has 5 rings (SSSR count). The third-order valence-electron chi connectivity index (χ3n) is 9.90. The fraction of sp³-hybridized carbons (Fsp3) is 0.933. The Kier molecular flexibility index (Phi) is 14.2. The lowest BCUT2D eigenvalue weighted by atomic mass is 9.94. The maximum atomic E-state index is 11.1. The van der Waals surface area contributed by atoms with E-state index in [2.05, 4.69) is 0 Å². The molecule has 22 nitrogen and oxygen atoms in total. The van der Waals surface area contributed by atoms with Crippen LogP contribution in [0.25, 0.3) is 0 Å². The van der Waals surface area contributed by atoms with Gasteiger partial charge in [-0.1, -0.05) is 0 Å². The van der Waals surface area contributed by atoms with Crippen molar-refractivity contribution in [3.63, 3.8) is 0 Å². The Balaban J connectivity index is 1.46. The van der Waals surface area contributed by atoms with Gasteiger partial charge in [0, 0.05) is 0 Å². The maximum Gasteiger partial charge on any atom is 0.187 e. The molecule has 52 heavy (non-hydrogen) atoms. The van der Waals surface area contributed by atoms with Gasteiger partial charge in [-0.3, -0.25) is 0 Å². The lowest BCUT2D eigenvalue weighted by molar-refractivity contribution is -0.393. The molecule has 0 bridgehead atoms. The van der Waals surface area contributed by atoms with Crippen molar-refractivity contribution in [2.24, 2.45) is 5.73 Å². The first kappa shape index (κ1) is 41.9. The monoisotopic (exact) mass is 761 g/mol. The minimum atomic E-state index is -1.92. The molecule has 4 saturated heterocycles. The van der Waals surface area contributed by atoms with E-state index in [0.717, 1.165) is 0 Å². The predicted octanol–water partition coefficient (Wildman–Crippen LogP) is -8.07. The molecule has 4 fully saturated rings. The molecule has 5 heterocycles. The first-order valence-electron chi connectivity index (χ1n) is 16.9. The van der Waals surface area contributed by atoms with E-state index in [1.54, 1.807) is 0 Å². The van der Waals surface area contributed by atoms with Crippen LogP contribution in [0, 0.1) is 0 Å². The highest BCUT2D eigenvalue weighted by molar-refractivity contribution is 5.02. The molecule has 0 aliphatic carbocycles. The zero-order chi connectivity index (χ0) is 38.2. The van der Waals surface area contributed by atoms with Crippen molar-refractivity contribution in [1.82, 2.24) is 0 Å². The largest absolute Gasteiger partial charge is 0.493 e.